The molecular weight excluding hydrogens is 452 g/mol. The van der Waals surface area contributed by atoms with Gasteiger partial charge in [0, 0.05) is 38.8 Å². The Kier molecular flexibility index (Phi) is 5.90. The van der Waals surface area contributed by atoms with Gasteiger partial charge in [0.1, 0.15) is 11.6 Å². The maximum Gasteiger partial charge on any atom is 0.261 e. The van der Waals surface area contributed by atoms with Crippen molar-refractivity contribution in [2.45, 2.75) is 6.04 Å². The average molecular weight is 475 g/mol. The fourth-order valence-corrected chi connectivity index (χ4v) is 4.76. The highest BCUT2D eigenvalue weighted by molar-refractivity contribution is 6.21. The number of carbonyl (C=O) groups excluding carboxylic acids is 3. The molecule has 0 bridgehead atoms. The number of hydrogen-bond donors (Lipinski definition) is 0. The molecule has 0 radical (unpaired) electrons. The van der Waals surface area contributed by atoms with E-state index >= 15 is 0 Å². The van der Waals surface area contributed by atoms with Crippen LogP contribution in [0.15, 0.2) is 66.7 Å². The Morgan fingerprint density at radius 3 is 1.80 bits per heavy atom. The van der Waals surface area contributed by atoms with Crippen molar-refractivity contribution in [3.63, 3.8) is 0 Å². The molecule has 0 saturated carbocycles. The van der Waals surface area contributed by atoms with E-state index in [4.69, 9.17) is 0 Å². The van der Waals surface area contributed by atoms with Crippen LogP contribution < -0.4 is 0 Å². The first-order valence-electron chi connectivity index (χ1n) is 11.3. The first kappa shape index (κ1) is 22.9. The lowest BCUT2D eigenvalue weighted by Gasteiger charge is -2.39. The maximum atomic E-state index is 13.5. The summed E-state index contributed by atoms with van der Waals surface area (Å²) in [4.78, 5) is 42.6. The van der Waals surface area contributed by atoms with Crippen LogP contribution in [0.3, 0.4) is 0 Å². The SMILES string of the molecule is CN1C(=O)c2ccc(C(=O)N3CCN(C(c4ccc(F)cc4)c4ccc(F)cc4)CC3)cc2C1=O. The second kappa shape index (κ2) is 9.03. The molecule has 0 atom stereocenters. The third-order valence-electron chi connectivity index (χ3n) is 6.67. The largest absolute Gasteiger partial charge is 0.336 e. The second-order valence-corrected chi connectivity index (χ2v) is 8.76. The zero-order chi connectivity index (χ0) is 24.7. The minimum atomic E-state index is -0.411. The van der Waals surface area contributed by atoms with Gasteiger partial charge < -0.3 is 4.90 Å². The summed E-state index contributed by atoms with van der Waals surface area (Å²) in [7, 11) is 1.42. The monoisotopic (exact) mass is 475 g/mol. The van der Waals surface area contributed by atoms with E-state index in [0.717, 1.165) is 16.0 Å². The molecule has 0 unspecified atom stereocenters. The Morgan fingerprint density at radius 1 is 0.743 bits per heavy atom. The zero-order valence-electron chi connectivity index (χ0n) is 19.1. The van der Waals surface area contributed by atoms with Crippen molar-refractivity contribution in [2.24, 2.45) is 0 Å². The Hall–Kier alpha value is -3.91. The number of rotatable bonds is 4. The summed E-state index contributed by atoms with van der Waals surface area (Å²) in [5.41, 5.74) is 2.67. The fourth-order valence-electron chi connectivity index (χ4n) is 4.76. The van der Waals surface area contributed by atoms with Gasteiger partial charge in [-0.3, -0.25) is 24.2 Å². The van der Waals surface area contributed by atoms with Gasteiger partial charge in [-0.05, 0) is 53.6 Å². The van der Waals surface area contributed by atoms with E-state index < -0.39 is 5.91 Å². The predicted octanol–water partition coefficient (Wildman–Crippen LogP) is 3.74. The molecule has 1 saturated heterocycles. The number of imide groups is 1. The Bertz CT molecular complexity index is 1250. The van der Waals surface area contributed by atoms with Crippen LogP contribution in [-0.4, -0.2) is 65.6 Å². The number of benzene rings is 3. The van der Waals surface area contributed by atoms with E-state index in [1.807, 2.05) is 0 Å². The van der Waals surface area contributed by atoms with Gasteiger partial charge in [-0.2, -0.15) is 0 Å². The summed E-state index contributed by atoms with van der Waals surface area (Å²) in [6.07, 6.45) is 0. The lowest BCUT2D eigenvalue weighted by molar-refractivity contribution is 0.0596. The Morgan fingerprint density at radius 2 is 1.26 bits per heavy atom. The topological polar surface area (TPSA) is 60.9 Å². The van der Waals surface area contributed by atoms with Gasteiger partial charge in [0.15, 0.2) is 0 Å². The summed E-state index contributed by atoms with van der Waals surface area (Å²) in [5, 5.41) is 0. The van der Waals surface area contributed by atoms with E-state index in [-0.39, 0.29) is 35.1 Å². The molecule has 0 aliphatic carbocycles. The smallest absolute Gasteiger partial charge is 0.261 e. The quantitative estimate of drug-likeness (QED) is 0.540. The van der Waals surface area contributed by atoms with Gasteiger partial charge in [0.2, 0.25) is 0 Å². The number of amides is 3. The lowest BCUT2D eigenvalue weighted by atomic mass is 9.96. The second-order valence-electron chi connectivity index (χ2n) is 8.76. The minimum Gasteiger partial charge on any atom is -0.336 e. The highest BCUT2D eigenvalue weighted by Crippen LogP contribution is 2.30. The van der Waals surface area contributed by atoms with Crippen LogP contribution in [0.2, 0.25) is 0 Å². The minimum absolute atomic E-state index is 0.206. The van der Waals surface area contributed by atoms with Crippen molar-refractivity contribution >= 4 is 17.7 Å². The van der Waals surface area contributed by atoms with Gasteiger partial charge in [0.25, 0.3) is 17.7 Å². The molecule has 0 aromatic heterocycles. The third kappa shape index (κ3) is 4.21. The molecule has 178 valence electrons. The van der Waals surface area contributed by atoms with Crippen LogP contribution >= 0.6 is 0 Å². The van der Waals surface area contributed by atoms with Gasteiger partial charge in [0.05, 0.1) is 17.2 Å². The molecule has 2 heterocycles. The predicted molar refractivity (Wildman–Crippen MR) is 125 cm³/mol. The Labute approximate surface area is 201 Å². The highest BCUT2D eigenvalue weighted by Gasteiger charge is 2.34. The highest BCUT2D eigenvalue weighted by atomic mass is 19.1. The molecule has 3 amide bonds. The van der Waals surface area contributed by atoms with Gasteiger partial charge in [-0.1, -0.05) is 24.3 Å². The van der Waals surface area contributed by atoms with E-state index in [1.165, 1.54) is 43.4 Å². The summed E-state index contributed by atoms with van der Waals surface area (Å²) in [6, 6.07) is 16.9. The Balaban J connectivity index is 1.34. The third-order valence-corrected chi connectivity index (χ3v) is 6.67. The van der Waals surface area contributed by atoms with Crippen molar-refractivity contribution in [2.75, 3.05) is 33.2 Å². The van der Waals surface area contributed by atoms with Crippen molar-refractivity contribution < 1.29 is 23.2 Å². The van der Waals surface area contributed by atoms with Crippen LogP contribution in [0.5, 0.6) is 0 Å². The number of halogens is 2. The zero-order valence-corrected chi connectivity index (χ0v) is 19.1. The molecule has 6 nitrogen and oxygen atoms in total. The van der Waals surface area contributed by atoms with Crippen molar-refractivity contribution in [3.8, 4) is 0 Å². The molecule has 2 aliphatic rings. The van der Waals surface area contributed by atoms with Crippen LogP contribution in [0.1, 0.15) is 48.2 Å². The van der Waals surface area contributed by atoms with E-state index in [2.05, 4.69) is 4.90 Å². The number of carbonyl (C=O) groups is 3. The van der Waals surface area contributed by atoms with Gasteiger partial charge >= 0.3 is 0 Å². The summed E-state index contributed by atoms with van der Waals surface area (Å²) < 4.78 is 27.1. The van der Waals surface area contributed by atoms with Crippen molar-refractivity contribution in [3.05, 3.63) is 106 Å². The average Bonchev–Trinajstić information content (AvgIpc) is 3.10. The van der Waals surface area contributed by atoms with E-state index in [1.54, 1.807) is 35.2 Å². The summed E-state index contributed by atoms with van der Waals surface area (Å²) in [5.74, 6) is -1.65. The molecule has 2 aliphatic heterocycles. The fraction of sp³-hybridized carbons (Fsp3) is 0.222. The first-order valence-corrected chi connectivity index (χ1v) is 11.3. The molecule has 35 heavy (non-hydrogen) atoms. The lowest BCUT2D eigenvalue weighted by Crippen LogP contribution is -2.49. The molecule has 3 aromatic carbocycles. The van der Waals surface area contributed by atoms with Crippen LogP contribution in [0.25, 0.3) is 0 Å². The van der Waals surface area contributed by atoms with Crippen LogP contribution in [0, 0.1) is 11.6 Å². The van der Waals surface area contributed by atoms with Gasteiger partial charge in [-0.15, -0.1) is 0 Å². The molecule has 8 heteroatoms. The number of piperazine rings is 1. The van der Waals surface area contributed by atoms with Crippen molar-refractivity contribution in [1.29, 1.82) is 0 Å². The number of fused-ring (bicyclic) bond motifs is 1. The molecule has 1 fully saturated rings. The molecule has 5 rings (SSSR count). The molecule has 0 N–H and O–H groups in total. The van der Waals surface area contributed by atoms with E-state index in [0.29, 0.717) is 37.3 Å². The van der Waals surface area contributed by atoms with E-state index in [9.17, 15) is 23.2 Å². The van der Waals surface area contributed by atoms with Crippen molar-refractivity contribution in [1.82, 2.24) is 14.7 Å². The standard InChI is InChI=1S/C27H23F2N3O3/c1-30-26(34)22-11-6-19(16-23(22)27(30)35)25(33)32-14-12-31(13-15-32)24(17-2-7-20(28)8-3-17)18-4-9-21(29)10-5-18/h2-11,16,24H,12-15H2,1H3. The molecule has 0 spiro atoms. The number of nitrogens with zero attached hydrogens (tertiary/aromatic N) is 3. The maximum absolute atomic E-state index is 13.5. The van der Waals surface area contributed by atoms with Crippen LogP contribution in [0.4, 0.5) is 8.78 Å². The van der Waals surface area contributed by atoms with Crippen LogP contribution in [-0.2, 0) is 0 Å². The normalized spacial score (nSPS) is 16.2. The molecular formula is C27H23F2N3O3. The molecule has 3 aromatic rings. The summed E-state index contributed by atoms with van der Waals surface area (Å²) in [6.45, 7) is 2.00. The summed E-state index contributed by atoms with van der Waals surface area (Å²) >= 11 is 0. The number of hydrogen-bond acceptors (Lipinski definition) is 4. The van der Waals surface area contributed by atoms with Gasteiger partial charge in [-0.25, -0.2) is 8.78 Å². The first-order chi connectivity index (χ1) is 16.8.